The number of benzene rings is 1. The molecule has 2 aliphatic heterocycles. The molecule has 10 nitrogen and oxygen atoms in total. The molecule has 0 saturated carbocycles. The molecule has 2 bridgehead atoms. The molecule has 0 aromatic heterocycles. The van der Waals surface area contributed by atoms with Gasteiger partial charge < -0.3 is 4.90 Å². The molecule has 0 aliphatic carbocycles. The van der Waals surface area contributed by atoms with Gasteiger partial charge in [-0.1, -0.05) is 18.2 Å². The van der Waals surface area contributed by atoms with Crippen LogP contribution < -0.4 is 10.9 Å². The fourth-order valence-electron chi connectivity index (χ4n) is 2.96. The van der Waals surface area contributed by atoms with E-state index < -0.39 is 34.4 Å². The number of anilines is 1. The van der Waals surface area contributed by atoms with E-state index in [0.29, 0.717) is 23.6 Å². The molecule has 24 heavy (non-hydrogen) atoms. The van der Waals surface area contributed by atoms with Crippen molar-refractivity contribution in [3.05, 3.63) is 30.3 Å². The van der Waals surface area contributed by atoms with Crippen molar-refractivity contribution in [2.45, 2.75) is 24.9 Å². The number of rotatable bonds is 4. The fourth-order valence-corrected chi connectivity index (χ4v) is 3.35. The van der Waals surface area contributed by atoms with Crippen molar-refractivity contribution in [3.8, 4) is 0 Å². The van der Waals surface area contributed by atoms with E-state index in [0.717, 1.165) is 5.01 Å². The largest absolute Gasteiger partial charge is 0.418 e. The van der Waals surface area contributed by atoms with Gasteiger partial charge in [0, 0.05) is 6.54 Å². The zero-order valence-electron chi connectivity index (χ0n) is 12.5. The number of hydrogen-bond acceptors (Lipinski definition) is 6. The summed E-state index contributed by atoms with van der Waals surface area (Å²) >= 11 is 0. The van der Waals surface area contributed by atoms with Gasteiger partial charge in [-0.3, -0.25) is 9.35 Å². The van der Waals surface area contributed by atoms with Gasteiger partial charge in [0.25, 0.3) is 5.91 Å². The number of piperidine rings is 1. The highest BCUT2D eigenvalue weighted by molar-refractivity contribution is 7.80. The van der Waals surface area contributed by atoms with E-state index in [4.69, 9.17) is 10.4 Å². The predicted octanol–water partition coefficient (Wildman–Crippen LogP) is -0.104. The summed E-state index contributed by atoms with van der Waals surface area (Å²) in [5.41, 5.74) is 0.474. The average Bonchev–Trinajstić information content (AvgIpc) is 2.78. The molecule has 130 valence electrons. The minimum absolute atomic E-state index is 0.118. The normalized spacial score (nSPS) is 23.5. The summed E-state index contributed by atoms with van der Waals surface area (Å²) in [6, 6.07) is 6.37. The lowest BCUT2D eigenvalue weighted by Gasteiger charge is -2.31. The smallest absolute Gasteiger partial charge is 0.309 e. The monoisotopic (exact) mass is 356 g/mol. The minimum Gasteiger partial charge on any atom is -0.309 e. The van der Waals surface area contributed by atoms with Crippen LogP contribution in [0.15, 0.2) is 30.3 Å². The van der Waals surface area contributed by atoms with Crippen molar-refractivity contribution in [1.82, 2.24) is 9.96 Å². The van der Waals surface area contributed by atoms with Crippen LogP contribution in [0.3, 0.4) is 0 Å². The Labute approximate surface area is 138 Å². The maximum atomic E-state index is 12.6. The van der Waals surface area contributed by atoms with Gasteiger partial charge in [-0.2, -0.15) is 13.5 Å². The van der Waals surface area contributed by atoms with Gasteiger partial charge in [-0.15, -0.1) is 4.28 Å². The number of hydroxylamine groups is 2. The third-order valence-electron chi connectivity index (χ3n) is 4.05. The first-order valence-electron chi connectivity index (χ1n) is 7.18. The van der Waals surface area contributed by atoms with Gasteiger partial charge in [0.05, 0.1) is 11.7 Å². The van der Waals surface area contributed by atoms with Crippen LogP contribution in [0.1, 0.15) is 12.8 Å². The molecule has 3 rings (SSSR count). The Morgan fingerprint density at radius 3 is 2.58 bits per heavy atom. The molecule has 0 spiro atoms. The van der Waals surface area contributed by atoms with E-state index >= 15 is 0 Å². The first-order chi connectivity index (χ1) is 11.3. The molecule has 2 heterocycles. The molecule has 0 unspecified atom stereocenters. The third-order valence-corrected chi connectivity index (χ3v) is 4.40. The maximum absolute atomic E-state index is 12.6. The van der Waals surface area contributed by atoms with Crippen LogP contribution >= 0.6 is 0 Å². The Bertz CT molecular complexity index is 755. The van der Waals surface area contributed by atoms with E-state index in [1.165, 1.54) is 4.90 Å². The van der Waals surface area contributed by atoms with Crippen molar-refractivity contribution in [2.75, 3.05) is 11.6 Å². The van der Waals surface area contributed by atoms with Gasteiger partial charge in [0.15, 0.2) is 0 Å². The summed E-state index contributed by atoms with van der Waals surface area (Å²) in [5.74, 6) is 5.36. The van der Waals surface area contributed by atoms with Crippen LogP contribution in [-0.2, 0) is 19.5 Å². The quantitative estimate of drug-likeness (QED) is 0.333. The van der Waals surface area contributed by atoms with Crippen molar-refractivity contribution >= 4 is 28.0 Å². The number of hydrazine groups is 1. The Hall–Kier alpha value is -2.21. The van der Waals surface area contributed by atoms with Crippen LogP contribution in [0, 0.1) is 0 Å². The van der Waals surface area contributed by atoms with Crippen LogP contribution in [0.4, 0.5) is 10.5 Å². The van der Waals surface area contributed by atoms with Gasteiger partial charge >= 0.3 is 16.4 Å². The number of fused-ring (bicyclic) bond motifs is 2. The van der Waals surface area contributed by atoms with Crippen molar-refractivity contribution < 1.29 is 26.8 Å². The van der Waals surface area contributed by atoms with Crippen molar-refractivity contribution in [3.63, 3.8) is 0 Å². The molecule has 2 aliphatic rings. The SMILES string of the molecule is NN(C(=O)[C@@H]1CC[C@@H]2CN1C(=O)N2OS(=O)(=O)O)c1ccccc1. The van der Waals surface area contributed by atoms with E-state index in [-0.39, 0.29) is 6.54 Å². The first kappa shape index (κ1) is 16.6. The summed E-state index contributed by atoms with van der Waals surface area (Å²) in [6.45, 7) is 0.118. The lowest BCUT2D eigenvalue weighted by Crippen LogP contribution is -2.53. The Morgan fingerprint density at radius 2 is 1.96 bits per heavy atom. The second kappa shape index (κ2) is 6.02. The fraction of sp³-hybridized carbons (Fsp3) is 0.385. The van der Waals surface area contributed by atoms with E-state index in [9.17, 15) is 18.0 Å². The summed E-state index contributed by atoms with van der Waals surface area (Å²) < 4.78 is 34.8. The molecular formula is C13H16N4O6S. The first-order valence-corrected chi connectivity index (χ1v) is 8.55. The lowest BCUT2D eigenvalue weighted by atomic mass is 10.00. The summed E-state index contributed by atoms with van der Waals surface area (Å²) in [6.07, 6.45) is 0.651. The van der Waals surface area contributed by atoms with Gasteiger partial charge in [-0.25, -0.2) is 15.6 Å². The van der Waals surface area contributed by atoms with Crippen LogP contribution in [0.2, 0.25) is 0 Å². The summed E-state index contributed by atoms with van der Waals surface area (Å²) in [5, 5.41) is 1.55. The molecular weight excluding hydrogens is 340 g/mol. The van der Waals surface area contributed by atoms with Crippen LogP contribution in [-0.4, -0.2) is 53.5 Å². The molecule has 3 amide bonds. The second-order valence-corrected chi connectivity index (χ2v) is 6.56. The van der Waals surface area contributed by atoms with Gasteiger partial charge in [-0.05, 0) is 25.0 Å². The number of amides is 3. The number of urea groups is 1. The number of hydrogen-bond donors (Lipinski definition) is 2. The Morgan fingerprint density at radius 1 is 1.29 bits per heavy atom. The number of para-hydroxylation sites is 1. The number of nitrogens with two attached hydrogens (primary N) is 1. The Balaban J connectivity index is 1.77. The lowest BCUT2D eigenvalue weighted by molar-refractivity contribution is -0.123. The molecule has 2 atom stereocenters. The van der Waals surface area contributed by atoms with E-state index in [2.05, 4.69) is 4.28 Å². The Kier molecular flexibility index (Phi) is 4.17. The highest BCUT2D eigenvalue weighted by Gasteiger charge is 2.50. The maximum Gasteiger partial charge on any atom is 0.418 e. The molecule has 0 radical (unpaired) electrons. The molecule has 11 heteroatoms. The van der Waals surface area contributed by atoms with E-state index in [1.807, 2.05) is 0 Å². The number of nitrogens with zero attached hydrogens (tertiary/aromatic N) is 3. The highest BCUT2D eigenvalue weighted by Crippen LogP contribution is 2.31. The third kappa shape index (κ3) is 3.06. The second-order valence-electron chi connectivity index (χ2n) is 5.55. The molecule has 1 aromatic rings. The molecule has 3 N–H and O–H groups in total. The van der Waals surface area contributed by atoms with Gasteiger partial charge in [0.1, 0.15) is 6.04 Å². The topological polar surface area (TPSA) is 133 Å². The van der Waals surface area contributed by atoms with Crippen molar-refractivity contribution in [2.24, 2.45) is 5.84 Å². The van der Waals surface area contributed by atoms with Crippen molar-refractivity contribution in [1.29, 1.82) is 0 Å². The van der Waals surface area contributed by atoms with Gasteiger partial charge in [0.2, 0.25) is 0 Å². The molecule has 2 saturated heterocycles. The summed E-state index contributed by atoms with van der Waals surface area (Å²) in [4.78, 5) is 26.1. The standard InChI is InChI=1S/C13H16N4O6S/c14-16(9-4-2-1-3-5-9)12(18)11-7-6-10-8-15(11)13(19)17(10)23-24(20,21)22/h1-5,10-11H,6-8,14H2,(H,20,21,22)/t10-,11+/m1/s1. The van der Waals surface area contributed by atoms with Crippen LogP contribution in [0.5, 0.6) is 0 Å². The number of carbonyl (C=O) groups is 2. The van der Waals surface area contributed by atoms with Crippen LogP contribution in [0.25, 0.3) is 0 Å². The van der Waals surface area contributed by atoms with E-state index in [1.54, 1.807) is 30.3 Å². The number of carbonyl (C=O) groups excluding carboxylic acids is 2. The molecule has 2 fully saturated rings. The zero-order chi connectivity index (χ0) is 17.5. The summed E-state index contributed by atoms with van der Waals surface area (Å²) in [7, 11) is -4.82. The molecule has 1 aromatic carbocycles. The zero-order valence-corrected chi connectivity index (χ0v) is 13.3. The highest BCUT2D eigenvalue weighted by atomic mass is 32.3. The average molecular weight is 356 g/mol. The predicted molar refractivity (Wildman–Crippen MR) is 81.5 cm³/mol. The minimum atomic E-state index is -4.82.